The van der Waals surface area contributed by atoms with Crippen molar-refractivity contribution in [1.29, 1.82) is 0 Å². The Balaban J connectivity index is 2.37. The van der Waals surface area contributed by atoms with E-state index in [1.165, 1.54) is 11.5 Å². The molecule has 1 rings (SSSR count). The van der Waals surface area contributed by atoms with Crippen LogP contribution < -0.4 is 11.5 Å². The van der Waals surface area contributed by atoms with Crippen LogP contribution in [0.2, 0.25) is 0 Å². The second kappa shape index (κ2) is 2.90. The fourth-order valence-corrected chi connectivity index (χ4v) is 2.29. The van der Waals surface area contributed by atoms with Crippen LogP contribution in [0.1, 0.15) is 12.8 Å². The highest BCUT2D eigenvalue weighted by Crippen LogP contribution is 2.23. The van der Waals surface area contributed by atoms with Gasteiger partial charge in [-0.25, -0.2) is 0 Å². The quantitative estimate of drug-likeness (QED) is 0.554. The summed E-state index contributed by atoms with van der Waals surface area (Å²) in [5.74, 6) is 2.38. The largest absolute Gasteiger partial charge is 0.329 e. The second-order valence-corrected chi connectivity index (χ2v) is 3.90. The zero-order valence-corrected chi connectivity index (χ0v) is 6.41. The maximum absolute atomic E-state index is 5.92. The van der Waals surface area contributed by atoms with E-state index in [1.54, 1.807) is 0 Å². The molecule has 3 heteroatoms. The van der Waals surface area contributed by atoms with E-state index in [0.717, 1.165) is 12.8 Å². The summed E-state index contributed by atoms with van der Waals surface area (Å²) < 4.78 is 0. The average Bonchev–Trinajstić information content (AvgIpc) is 1.90. The van der Waals surface area contributed by atoms with Crippen molar-refractivity contribution in [3.05, 3.63) is 0 Å². The van der Waals surface area contributed by atoms with Crippen molar-refractivity contribution in [2.45, 2.75) is 18.4 Å². The lowest BCUT2D eigenvalue weighted by atomic mass is 9.94. The summed E-state index contributed by atoms with van der Waals surface area (Å²) in [5, 5.41) is 0. The molecule has 9 heavy (non-hydrogen) atoms. The zero-order valence-electron chi connectivity index (χ0n) is 5.60. The Kier molecular flexibility index (Phi) is 2.38. The SMILES string of the molecule is NCC1(N)CCSCC1. The molecule has 1 aliphatic rings. The van der Waals surface area contributed by atoms with Crippen LogP contribution in [-0.2, 0) is 0 Å². The van der Waals surface area contributed by atoms with Gasteiger partial charge in [-0.3, -0.25) is 0 Å². The van der Waals surface area contributed by atoms with E-state index < -0.39 is 0 Å². The number of nitrogens with two attached hydrogens (primary N) is 2. The fourth-order valence-electron chi connectivity index (χ4n) is 0.982. The minimum Gasteiger partial charge on any atom is -0.329 e. The molecule has 1 saturated heterocycles. The van der Waals surface area contributed by atoms with Crippen LogP contribution in [0.3, 0.4) is 0 Å². The van der Waals surface area contributed by atoms with Gasteiger partial charge in [0.25, 0.3) is 0 Å². The lowest BCUT2D eigenvalue weighted by Gasteiger charge is -2.31. The van der Waals surface area contributed by atoms with Crippen LogP contribution >= 0.6 is 11.8 Å². The first-order chi connectivity index (χ1) is 4.27. The van der Waals surface area contributed by atoms with E-state index in [1.807, 2.05) is 11.8 Å². The Labute approximate surface area is 60.4 Å². The fraction of sp³-hybridized carbons (Fsp3) is 1.00. The summed E-state index contributed by atoms with van der Waals surface area (Å²) in [6.07, 6.45) is 2.18. The van der Waals surface area contributed by atoms with Gasteiger partial charge in [-0.05, 0) is 24.3 Å². The van der Waals surface area contributed by atoms with Crippen molar-refractivity contribution >= 4 is 11.8 Å². The number of hydrogen-bond acceptors (Lipinski definition) is 3. The Morgan fingerprint density at radius 2 is 1.89 bits per heavy atom. The third kappa shape index (κ3) is 1.85. The molecule has 0 saturated carbocycles. The minimum atomic E-state index is -0.0226. The minimum absolute atomic E-state index is 0.0226. The predicted molar refractivity (Wildman–Crippen MR) is 42.5 cm³/mol. The smallest absolute Gasteiger partial charge is 0.0294 e. The monoisotopic (exact) mass is 146 g/mol. The van der Waals surface area contributed by atoms with Gasteiger partial charge in [-0.1, -0.05) is 0 Å². The number of hydrogen-bond donors (Lipinski definition) is 2. The van der Waals surface area contributed by atoms with E-state index in [-0.39, 0.29) is 5.54 Å². The van der Waals surface area contributed by atoms with Crippen LogP contribution in [-0.4, -0.2) is 23.6 Å². The highest BCUT2D eigenvalue weighted by atomic mass is 32.2. The Morgan fingerprint density at radius 3 is 2.22 bits per heavy atom. The molecule has 0 atom stereocenters. The Bertz CT molecular complexity index is 89.1. The molecule has 0 aromatic rings. The van der Waals surface area contributed by atoms with E-state index in [2.05, 4.69) is 0 Å². The molecule has 0 aromatic heterocycles. The topological polar surface area (TPSA) is 52.0 Å². The van der Waals surface area contributed by atoms with Crippen molar-refractivity contribution in [3.63, 3.8) is 0 Å². The Morgan fingerprint density at radius 1 is 1.33 bits per heavy atom. The first kappa shape index (κ1) is 7.38. The van der Waals surface area contributed by atoms with Crippen molar-refractivity contribution in [2.75, 3.05) is 18.1 Å². The van der Waals surface area contributed by atoms with Gasteiger partial charge in [-0.15, -0.1) is 0 Å². The molecule has 0 unspecified atom stereocenters. The van der Waals surface area contributed by atoms with Gasteiger partial charge in [0.05, 0.1) is 0 Å². The van der Waals surface area contributed by atoms with Gasteiger partial charge in [0.2, 0.25) is 0 Å². The van der Waals surface area contributed by atoms with Gasteiger partial charge in [-0.2, -0.15) is 11.8 Å². The van der Waals surface area contributed by atoms with E-state index >= 15 is 0 Å². The maximum Gasteiger partial charge on any atom is 0.0294 e. The standard InChI is InChI=1S/C6H14N2S/c7-5-6(8)1-3-9-4-2-6/h1-5,7-8H2. The van der Waals surface area contributed by atoms with Gasteiger partial charge < -0.3 is 11.5 Å². The molecule has 4 N–H and O–H groups in total. The number of rotatable bonds is 1. The van der Waals surface area contributed by atoms with Gasteiger partial charge in [0.15, 0.2) is 0 Å². The van der Waals surface area contributed by atoms with Crippen LogP contribution in [0, 0.1) is 0 Å². The average molecular weight is 146 g/mol. The summed E-state index contributed by atoms with van der Waals surface area (Å²) in [4.78, 5) is 0. The van der Waals surface area contributed by atoms with Crippen LogP contribution in [0.15, 0.2) is 0 Å². The molecule has 1 aliphatic heterocycles. The van der Waals surface area contributed by atoms with Gasteiger partial charge >= 0.3 is 0 Å². The summed E-state index contributed by atoms with van der Waals surface area (Å²) in [5.41, 5.74) is 11.4. The lowest BCUT2D eigenvalue weighted by Crippen LogP contribution is -2.49. The van der Waals surface area contributed by atoms with Crippen molar-refractivity contribution in [1.82, 2.24) is 0 Å². The maximum atomic E-state index is 5.92. The highest BCUT2D eigenvalue weighted by molar-refractivity contribution is 7.99. The van der Waals surface area contributed by atoms with E-state index in [4.69, 9.17) is 11.5 Å². The second-order valence-electron chi connectivity index (χ2n) is 2.68. The summed E-state index contributed by atoms with van der Waals surface area (Å²) in [6, 6.07) is 0. The van der Waals surface area contributed by atoms with Crippen molar-refractivity contribution in [3.8, 4) is 0 Å². The van der Waals surface area contributed by atoms with Crippen LogP contribution in [0.25, 0.3) is 0 Å². The van der Waals surface area contributed by atoms with Crippen molar-refractivity contribution in [2.24, 2.45) is 11.5 Å². The summed E-state index contributed by atoms with van der Waals surface area (Å²) in [7, 11) is 0. The molecule has 0 bridgehead atoms. The molecule has 2 nitrogen and oxygen atoms in total. The van der Waals surface area contributed by atoms with E-state index in [0.29, 0.717) is 6.54 Å². The van der Waals surface area contributed by atoms with E-state index in [9.17, 15) is 0 Å². The van der Waals surface area contributed by atoms with Crippen LogP contribution in [0.5, 0.6) is 0 Å². The first-order valence-electron chi connectivity index (χ1n) is 3.33. The first-order valence-corrected chi connectivity index (χ1v) is 4.49. The molecule has 0 spiro atoms. The highest BCUT2D eigenvalue weighted by Gasteiger charge is 2.25. The molecule has 0 aliphatic carbocycles. The molecule has 0 radical (unpaired) electrons. The third-order valence-electron chi connectivity index (χ3n) is 1.90. The normalized spacial score (nSPS) is 26.0. The summed E-state index contributed by atoms with van der Waals surface area (Å²) in [6.45, 7) is 0.646. The van der Waals surface area contributed by atoms with Gasteiger partial charge in [0.1, 0.15) is 0 Å². The lowest BCUT2D eigenvalue weighted by molar-refractivity contribution is 0.405. The molecule has 0 aromatic carbocycles. The molecule has 0 amide bonds. The Hall–Kier alpha value is 0.270. The summed E-state index contributed by atoms with van der Waals surface area (Å²) >= 11 is 1.98. The molecule has 54 valence electrons. The molecular formula is C6H14N2S. The van der Waals surface area contributed by atoms with Crippen molar-refractivity contribution < 1.29 is 0 Å². The predicted octanol–water partition coefficient (Wildman–Crippen LogP) is 0.170. The zero-order chi connectivity index (χ0) is 6.74. The molecule has 1 fully saturated rings. The molecule has 1 heterocycles. The number of thioether (sulfide) groups is 1. The van der Waals surface area contributed by atoms with Gasteiger partial charge in [0, 0.05) is 12.1 Å². The third-order valence-corrected chi connectivity index (χ3v) is 2.88. The van der Waals surface area contributed by atoms with Crippen LogP contribution in [0.4, 0.5) is 0 Å². The molecular weight excluding hydrogens is 132 g/mol.